The number of likely N-dealkylation sites (tertiary alicyclic amines) is 1. The van der Waals surface area contributed by atoms with Crippen molar-refractivity contribution in [3.63, 3.8) is 0 Å². The Balaban J connectivity index is 1.99. The number of benzene rings is 1. The molecule has 1 fully saturated rings. The lowest BCUT2D eigenvalue weighted by atomic mass is 10.0. The van der Waals surface area contributed by atoms with Gasteiger partial charge in [0.05, 0.1) is 4.90 Å². The van der Waals surface area contributed by atoms with Gasteiger partial charge in [0.1, 0.15) is 6.04 Å². The van der Waals surface area contributed by atoms with Gasteiger partial charge >= 0.3 is 0 Å². The van der Waals surface area contributed by atoms with E-state index < -0.39 is 16.1 Å². The highest BCUT2D eigenvalue weighted by Crippen LogP contribution is 2.15. The molecule has 0 saturated carbocycles. The Labute approximate surface area is 167 Å². The minimum absolute atomic E-state index is 0.102. The van der Waals surface area contributed by atoms with E-state index in [0.29, 0.717) is 18.2 Å². The van der Waals surface area contributed by atoms with Gasteiger partial charge in [0.15, 0.2) is 0 Å². The molecule has 0 aliphatic carbocycles. The van der Waals surface area contributed by atoms with Crippen molar-refractivity contribution < 1.29 is 13.2 Å². The molecule has 1 aliphatic rings. The van der Waals surface area contributed by atoms with Gasteiger partial charge < -0.3 is 10.2 Å². The molecule has 2 rings (SSSR count). The smallest absolute Gasteiger partial charge is 0.241 e. The number of amides is 1. The van der Waals surface area contributed by atoms with Crippen molar-refractivity contribution in [2.45, 2.75) is 56.1 Å². The van der Waals surface area contributed by atoms with E-state index in [4.69, 9.17) is 0 Å². The first kappa shape index (κ1) is 22.2. The minimum Gasteiger partial charge on any atom is -0.352 e. The molecule has 1 heterocycles. The fraction of sp³-hybridized carbons (Fsp3) is 0.632. The second-order valence-corrected chi connectivity index (χ2v) is 9.88. The van der Waals surface area contributed by atoms with E-state index in [1.807, 2.05) is 6.26 Å². The van der Waals surface area contributed by atoms with Crippen LogP contribution in [0.3, 0.4) is 0 Å². The third kappa shape index (κ3) is 6.78. The third-order valence-corrected chi connectivity index (χ3v) is 7.02. The van der Waals surface area contributed by atoms with Gasteiger partial charge in [0, 0.05) is 25.2 Å². The lowest BCUT2D eigenvalue weighted by molar-refractivity contribution is -0.123. The molecule has 1 aromatic carbocycles. The quantitative estimate of drug-likeness (QED) is 0.648. The molecule has 0 radical (unpaired) electrons. The summed E-state index contributed by atoms with van der Waals surface area (Å²) in [6, 6.07) is 8.04. The molecule has 1 unspecified atom stereocenters. The van der Waals surface area contributed by atoms with Gasteiger partial charge in [-0.05, 0) is 57.3 Å². The summed E-state index contributed by atoms with van der Waals surface area (Å²) >= 11 is 1.60. The molecule has 0 aromatic heterocycles. The molecule has 27 heavy (non-hydrogen) atoms. The van der Waals surface area contributed by atoms with E-state index in [0.717, 1.165) is 25.9 Å². The number of nitrogens with zero attached hydrogens (tertiary/aromatic N) is 1. The first-order valence-corrected chi connectivity index (χ1v) is 12.3. The molecular weight excluding hydrogens is 382 g/mol. The lowest BCUT2D eigenvalue weighted by Crippen LogP contribution is -2.52. The summed E-state index contributed by atoms with van der Waals surface area (Å²) in [4.78, 5) is 15.4. The molecule has 8 heteroatoms. The standard InChI is InChI=1S/C19H31N3O3S2/c1-15(2)22-12-9-16(10-13-22)20-19(23)18(11-14-26-3)21-27(24,25)17-7-5-4-6-8-17/h4-8,15-16,18,21H,9-14H2,1-3H3,(H,20,23). The molecule has 0 bridgehead atoms. The van der Waals surface area contributed by atoms with Crippen LogP contribution in [-0.4, -0.2) is 62.4 Å². The van der Waals surface area contributed by atoms with Crippen LogP contribution in [0.25, 0.3) is 0 Å². The Kier molecular flexibility index (Phi) is 8.60. The Morgan fingerprint density at radius 1 is 1.22 bits per heavy atom. The molecule has 6 nitrogen and oxygen atoms in total. The maximum atomic E-state index is 12.8. The largest absolute Gasteiger partial charge is 0.352 e. The van der Waals surface area contributed by atoms with E-state index in [2.05, 4.69) is 28.8 Å². The number of thioether (sulfide) groups is 1. The Morgan fingerprint density at radius 2 is 1.85 bits per heavy atom. The van der Waals surface area contributed by atoms with E-state index >= 15 is 0 Å². The first-order chi connectivity index (χ1) is 12.8. The topological polar surface area (TPSA) is 78.5 Å². The fourth-order valence-corrected chi connectivity index (χ4v) is 4.92. The van der Waals surface area contributed by atoms with Crippen LogP contribution in [-0.2, 0) is 14.8 Å². The van der Waals surface area contributed by atoms with Gasteiger partial charge in [0.25, 0.3) is 0 Å². The van der Waals surface area contributed by atoms with Crippen LogP contribution >= 0.6 is 11.8 Å². The zero-order chi connectivity index (χ0) is 19.9. The van der Waals surface area contributed by atoms with Crippen LogP contribution < -0.4 is 10.0 Å². The van der Waals surface area contributed by atoms with Crippen LogP contribution in [0.4, 0.5) is 0 Å². The minimum atomic E-state index is -3.72. The lowest BCUT2D eigenvalue weighted by Gasteiger charge is -2.35. The fourth-order valence-electron chi connectivity index (χ4n) is 3.20. The average Bonchev–Trinajstić information content (AvgIpc) is 2.66. The van der Waals surface area contributed by atoms with Gasteiger partial charge in [-0.3, -0.25) is 4.79 Å². The monoisotopic (exact) mass is 413 g/mol. The zero-order valence-corrected chi connectivity index (χ0v) is 18.0. The number of piperidine rings is 1. The summed E-state index contributed by atoms with van der Waals surface area (Å²) in [7, 11) is -3.72. The van der Waals surface area contributed by atoms with E-state index in [1.165, 1.54) is 12.1 Å². The Bertz CT molecular complexity index is 687. The molecule has 2 N–H and O–H groups in total. The summed E-state index contributed by atoms with van der Waals surface area (Å²) in [5.74, 6) is 0.479. The first-order valence-electron chi connectivity index (χ1n) is 9.44. The molecule has 0 spiro atoms. The summed E-state index contributed by atoms with van der Waals surface area (Å²) in [6.45, 7) is 6.26. The van der Waals surface area contributed by atoms with Gasteiger partial charge in [-0.25, -0.2) is 8.42 Å². The average molecular weight is 414 g/mol. The number of sulfonamides is 1. The van der Waals surface area contributed by atoms with Gasteiger partial charge in [-0.1, -0.05) is 18.2 Å². The highest BCUT2D eigenvalue weighted by molar-refractivity contribution is 7.98. The Morgan fingerprint density at radius 3 is 2.41 bits per heavy atom. The second-order valence-electron chi connectivity index (χ2n) is 7.18. The predicted molar refractivity (Wildman–Crippen MR) is 111 cm³/mol. The van der Waals surface area contributed by atoms with Gasteiger partial charge in [0.2, 0.25) is 15.9 Å². The number of carbonyl (C=O) groups excluding carboxylic acids is 1. The number of hydrogen-bond acceptors (Lipinski definition) is 5. The molecule has 1 atom stereocenters. The molecule has 1 aliphatic heterocycles. The summed E-state index contributed by atoms with van der Waals surface area (Å²) in [5, 5.41) is 3.06. The molecule has 152 valence electrons. The summed E-state index contributed by atoms with van der Waals surface area (Å²) < 4.78 is 27.8. The maximum Gasteiger partial charge on any atom is 0.241 e. The normalized spacial score (nSPS) is 17.8. The molecule has 1 saturated heterocycles. The third-order valence-electron chi connectivity index (χ3n) is 4.88. The van der Waals surface area contributed by atoms with Crippen LogP contribution in [0.2, 0.25) is 0 Å². The number of nitrogens with one attached hydrogen (secondary N) is 2. The molecule has 1 amide bonds. The van der Waals surface area contributed by atoms with Crippen molar-refractivity contribution in [3.8, 4) is 0 Å². The summed E-state index contributed by atoms with van der Waals surface area (Å²) in [5.41, 5.74) is 0. The second kappa shape index (κ2) is 10.5. The van der Waals surface area contributed by atoms with Crippen LogP contribution in [0.15, 0.2) is 35.2 Å². The van der Waals surface area contributed by atoms with E-state index in [9.17, 15) is 13.2 Å². The number of carbonyl (C=O) groups is 1. The Hall–Kier alpha value is -1.09. The highest BCUT2D eigenvalue weighted by atomic mass is 32.2. The van der Waals surface area contributed by atoms with Crippen LogP contribution in [0.5, 0.6) is 0 Å². The van der Waals surface area contributed by atoms with Crippen molar-refractivity contribution in [1.82, 2.24) is 14.9 Å². The predicted octanol–water partition coefficient (Wildman–Crippen LogP) is 2.08. The van der Waals surface area contributed by atoms with E-state index in [-0.39, 0.29) is 16.8 Å². The zero-order valence-electron chi connectivity index (χ0n) is 16.3. The molecule has 1 aromatic rings. The maximum absolute atomic E-state index is 12.8. The SMILES string of the molecule is CSCCC(NS(=O)(=O)c1ccccc1)C(=O)NC1CCN(C(C)C)CC1. The summed E-state index contributed by atoms with van der Waals surface area (Å²) in [6.07, 6.45) is 4.20. The van der Waals surface area contributed by atoms with Crippen molar-refractivity contribution in [2.75, 3.05) is 25.1 Å². The highest BCUT2D eigenvalue weighted by Gasteiger charge is 2.28. The van der Waals surface area contributed by atoms with E-state index in [1.54, 1.807) is 30.0 Å². The number of rotatable bonds is 9. The van der Waals surface area contributed by atoms with Crippen LogP contribution in [0, 0.1) is 0 Å². The van der Waals surface area contributed by atoms with Gasteiger partial charge in [-0.15, -0.1) is 0 Å². The van der Waals surface area contributed by atoms with Gasteiger partial charge in [-0.2, -0.15) is 16.5 Å². The molecular formula is C19H31N3O3S2. The van der Waals surface area contributed by atoms with Crippen molar-refractivity contribution >= 4 is 27.7 Å². The van der Waals surface area contributed by atoms with Crippen LogP contribution in [0.1, 0.15) is 33.1 Å². The van der Waals surface area contributed by atoms with Crippen molar-refractivity contribution in [2.24, 2.45) is 0 Å². The van der Waals surface area contributed by atoms with Crippen molar-refractivity contribution in [1.29, 1.82) is 0 Å². The van der Waals surface area contributed by atoms with Crippen molar-refractivity contribution in [3.05, 3.63) is 30.3 Å². The number of hydrogen-bond donors (Lipinski definition) is 2.